The number of amides is 1. The Kier molecular flexibility index (Phi) is 5.50. The number of carbonyl (C=O) groups is 1. The first-order valence-corrected chi connectivity index (χ1v) is 10.0. The van der Waals surface area contributed by atoms with Gasteiger partial charge in [0.2, 0.25) is 0 Å². The van der Waals surface area contributed by atoms with Crippen LogP contribution in [0.15, 0.2) is 48.9 Å². The molecule has 0 radical (unpaired) electrons. The monoisotopic (exact) mass is 378 g/mol. The van der Waals surface area contributed by atoms with Gasteiger partial charge in [0.1, 0.15) is 5.82 Å². The van der Waals surface area contributed by atoms with E-state index in [2.05, 4.69) is 33.0 Å². The van der Waals surface area contributed by atoms with E-state index in [1.54, 1.807) is 10.9 Å². The minimum atomic E-state index is -0.0569. The van der Waals surface area contributed by atoms with Crippen LogP contribution in [0.4, 0.5) is 0 Å². The van der Waals surface area contributed by atoms with E-state index in [4.69, 9.17) is 0 Å². The van der Waals surface area contributed by atoms with Gasteiger partial charge in [0.15, 0.2) is 5.69 Å². The fraction of sp³-hybridized carbons (Fsp3) is 0.429. The Bertz CT molecular complexity index is 916. The van der Waals surface area contributed by atoms with Gasteiger partial charge in [0, 0.05) is 37.9 Å². The molecule has 1 aliphatic heterocycles. The molecule has 0 saturated carbocycles. The number of aromatic nitrogens is 5. The number of benzene rings is 1. The highest BCUT2D eigenvalue weighted by Gasteiger charge is 2.29. The molecule has 1 amide bonds. The predicted molar refractivity (Wildman–Crippen MR) is 106 cm³/mol. The van der Waals surface area contributed by atoms with Crippen LogP contribution in [0, 0.1) is 0 Å². The number of nitrogens with zero attached hydrogens (tertiary/aromatic N) is 6. The van der Waals surface area contributed by atoms with E-state index in [0.717, 1.165) is 50.3 Å². The fourth-order valence-corrected chi connectivity index (χ4v) is 3.80. The molecule has 1 saturated heterocycles. The Morgan fingerprint density at radius 3 is 2.93 bits per heavy atom. The summed E-state index contributed by atoms with van der Waals surface area (Å²) in [6.07, 6.45) is 9.97. The van der Waals surface area contributed by atoms with Gasteiger partial charge < -0.3 is 9.47 Å². The van der Waals surface area contributed by atoms with Crippen molar-refractivity contribution in [3.63, 3.8) is 0 Å². The highest BCUT2D eigenvalue weighted by atomic mass is 16.2. The van der Waals surface area contributed by atoms with E-state index in [0.29, 0.717) is 12.2 Å². The zero-order valence-electron chi connectivity index (χ0n) is 16.2. The Labute approximate surface area is 165 Å². The van der Waals surface area contributed by atoms with Crippen molar-refractivity contribution in [3.05, 3.63) is 60.4 Å². The Morgan fingerprint density at radius 1 is 1.25 bits per heavy atom. The highest BCUT2D eigenvalue weighted by Crippen LogP contribution is 2.27. The minimum absolute atomic E-state index is 0.0569. The molecule has 28 heavy (non-hydrogen) atoms. The summed E-state index contributed by atoms with van der Waals surface area (Å²) in [6.45, 7) is 4.62. The van der Waals surface area contributed by atoms with E-state index in [-0.39, 0.29) is 11.8 Å². The summed E-state index contributed by atoms with van der Waals surface area (Å²) >= 11 is 0. The topological polar surface area (TPSA) is 68.8 Å². The molecule has 1 fully saturated rings. The lowest BCUT2D eigenvalue weighted by atomic mass is 9.96. The third-order valence-electron chi connectivity index (χ3n) is 5.31. The number of carbonyl (C=O) groups excluding carboxylic acids is 1. The number of rotatable bonds is 6. The second kappa shape index (κ2) is 8.37. The fourth-order valence-electron chi connectivity index (χ4n) is 3.80. The molecule has 3 aromatic rings. The summed E-state index contributed by atoms with van der Waals surface area (Å²) in [6, 6.07) is 9.71. The lowest BCUT2D eigenvalue weighted by Gasteiger charge is -2.32. The number of unbranched alkanes of at least 4 members (excludes halogenated alkanes) is 1. The molecule has 0 aliphatic carbocycles. The van der Waals surface area contributed by atoms with Crippen molar-refractivity contribution in [2.45, 2.75) is 45.1 Å². The summed E-state index contributed by atoms with van der Waals surface area (Å²) in [5.74, 6) is 1.31. The highest BCUT2D eigenvalue weighted by molar-refractivity contribution is 5.92. The molecule has 0 N–H and O–H groups in total. The first kappa shape index (κ1) is 18.4. The summed E-state index contributed by atoms with van der Waals surface area (Å²) in [4.78, 5) is 19.5. The van der Waals surface area contributed by atoms with Crippen molar-refractivity contribution in [2.75, 3.05) is 13.1 Å². The normalized spacial score (nSPS) is 17.0. The number of piperidine rings is 1. The van der Waals surface area contributed by atoms with Gasteiger partial charge in [-0.05, 0) is 31.4 Å². The third-order valence-corrected chi connectivity index (χ3v) is 5.31. The molecule has 0 spiro atoms. The maximum atomic E-state index is 13.0. The van der Waals surface area contributed by atoms with Gasteiger partial charge in [-0.3, -0.25) is 4.79 Å². The number of hydrogen-bond acceptors (Lipinski definition) is 4. The lowest BCUT2D eigenvalue weighted by Crippen LogP contribution is -2.40. The van der Waals surface area contributed by atoms with Crippen molar-refractivity contribution < 1.29 is 4.79 Å². The van der Waals surface area contributed by atoms with Crippen LogP contribution in [0.2, 0.25) is 0 Å². The number of imidazole rings is 1. The van der Waals surface area contributed by atoms with E-state index in [1.807, 2.05) is 41.4 Å². The van der Waals surface area contributed by atoms with Crippen LogP contribution in [0.1, 0.15) is 54.8 Å². The van der Waals surface area contributed by atoms with Crippen molar-refractivity contribution in [1.29, 1.82) is 0 Å². The number of likely N-dealkylation sites (tertiary alicyclic amines) is 1. The number of hydrogen-bond donors (Lipinski definition) is 0. The van der Waals surface area contributed by atoms with Gasteiger partial charge in [-0.15, -0.1) is 5.10 Å². The van der Waals surface area contributed by atoms with Gasteiger partial charge in [-0.2, -0.15) is 0 Å². The predicted octanol–water partition coefficient (Wildman–Crippen LogP) is 3.28. The summed E-state index contributed by atoms with van der Waals surface area (Å²) in [5, 5.41) is 8.24. The first-order chi connectivity index (χ1) is 13.8. The second-order valence-corrected chi connectivity index (χ2v) is 7.31. The SMILES string of the molecule is CCCCn1ccnc1[C@H]1CCCN(C(=O)c2cn(-c3ccccc3)nn2)C1. The van der Waals surface area contributed by atoms with E-state index >= 15 is 0 Å². The Morgan fingerprint density at radius 2 is 2.11 bits per heavy atom. The smallest absolute Gasteiger partial charge is 0.276 e. The summed E-state index contributed by atoms with van der Waals surface area (Å²) in [7, 11) is 0. The van der Waals surface area contributed by atoms with Gasteiger partial charge >= 0.3 is 0 Å². The molecule has 0 bridgehead atoms. The zero-order chi connectivity index (χ0) is 19.3. The average molecular weight is 378 g/mol. The Hall–Kier alpha value is -2.96. The molecular weight excluding hydrogens is 352 g/mol. The number of para-hydroxylation sites is 1. The van der Waals surface area contributed by atoms with Crippen LogP contribution in [0.25, 0.3) is 5.69 Å². The van der Waals surface area contributed by atoms with Crippen molar-refractivity contribution >= 4 is 5.91 Å². The molecule has 1 atom stereocenters. The second-order valence-electron chi connectivity index (χ2n) is 7.31. The molecule has 7 nitrogen and oxygen atoms in total. The van der Waals surface area contributed by atoms with E-state index < -0.39 is 0 Å². The maximum Gasteiger partial charge on any atom is 0.276 e. The van der Waals surface area contributed by atoms with Gasteiger partial charge in [-0.25, -0.2) is 9.67 Å². The average Bonchev–Trinajstić information content (AvgIpc) is 3.42. The van der Waals surface area contributed by atoms with Crippen molar-refractivity contribution in [3.8, 4) is 5.69 Å². The lowest BCUT2D eigenvalue weighted by molar-refractivity contribution is 0.0697. The van der Waals surface area contributed by atoms with Crippen LogP contribution in [0.3, 0.4) is 0 Å². The molecule has 2 aromatic heterocycles. The van der Waals surface area contributed by atoms with Crippen LogP contribution in [-0.2, 0) is 6.54 Å². The minimum Gasteiger partial charge on any atom is -0.336 e. The quantitative estimate of drug-likeness (QED) is 0.660. The standard InChI is InChI=1S/C21H26N6O/c1-2-3-12-25-14-11-22-20(25)17-8-7-13-26(15-17)21(28)19-16-27(24-23-19)18-9-5-4-6-10-18/h4-6,9-11,14,16-17H,2-3,7-8,12-13,15H2,1H3/t17-/m0/s1. The van der Waals surface area contributed by atoms with Crippen LogP contribution < -0.4 is 0 Å². The van der Waals surface area contributed by atoms with Gasteiger partial charge in [-0.1, -0.05) is 36.8 Å². The largest absolute Gasteiger partial charge is 0.336 e. The number of aryl methyl sites for hydroxylation is 1. The summed E-state index contributed by atoms with van der Waals surface area (Å²) in [5.41, 5.74) is 1.28. The first-order valence-electron chi connectivity index (χ1n) is 10.0. The summed E-state index contributed by atoms with van der Waals surface area (Å²) < 4.78 is 3.89. The molecule has 146 valence electrons. The zero-order valence-corrected chi connectivity index (χ0v) is 16.2. The van der Waals surface area contributed by atoms with Gasteiger partial charge in [0.25, 0.3) is 5.91 Å². The van der Waals surface area contributed by atoms with E-state index in [9.17, 15) is 4.79 Å². The Balaban J connectivity index is 1.47. The molecule has 1 aliphatic rings. The van der Waals surface area contributed by atoms with Crippen LogP contribution in [-0.4, -0.2) is 48.4 Å². The van der Waals surface area contributed by atoms with Crippen LogP contribution in [0.5, 0.6) is 0 Å². The van der Waals surface area contributed by atoms with Crippen LogP contribution >= 0.6 is 0 Å². The molecular formula is C21H26N6O. The van der Waals surface area contributed by atoms with E-state index in [1.165, 1.54) is 0 Å². The molecule has 1 aromatic carbocycles. The van der Waals surface area contributed by atoms with Crippen molar-refractivity contribution in [2.24, 2.45) is 0 Å². The molecule has 3 heterocycles. The molecule has 7 heteroatoms. The van der Waals surface area contributed by atoms with Crippen molar-refractivity contribution in [1.82, 2.24) is 29.4 Å². The molecule has 4 rings (SSSR count). The maximum absolute atomic E-state index is 13.0. The molecule has 0 unspecified atom stereocenters. The van der Waals surface area contributed by atoms with Gasteiger partial charge in [0.05, 0.1) is 11.9 Å². The third kappa shape index (κ3) is 3.83.